The SMILES string of the molecule is COc1ccc(-c2cc(C(=O)OCc3ccccc3)cc(OS(=O)(=O)c3ccc(C)cc3)n2)cc1. The van der Waals surface area contributed by atoms with Gasteiger partial charge in [0.15, 0.2) is 0 Å². The third-order valence-electron chi connectivity index (χ3n) is 5.14. The third kappa shape index (κ3) is 6.04. The van der Waals surface area contributed by atoms with Crippen LogP contribution in [0.25, 0.3) is 11.3 Å². The predicted octanol–water partition coefficient (Wildman–Crippen LogP) is 5.19. The van der Waals surface area contributed by atoms with E-state index >= 15 is 0 Å². The van der Waals surface area contributed by atoms with Crippen molar-refractivity contribution in [1.29, 1.82) is 0 Å². The molecule has 0 fully saturated rings. The van der Waals surface area contributed by atoms with Gasteiger partial charge in [-0.1, -0.05) is 48.0 Å². The van der Waals surface area contributed by atoms with Gasteiger partial charge in [0, 0.05) is 11.6 Å². The van der Waals surface area contributed by atoms with Gasteiger partial charge < -0.3 is 13.7 Å². The lowest BCUT2D eigenvalue weighted by molar-refractivity contribution is 0.0472. The van der Waals surface area contributed by atoms with Crippen LogP contribution in [0.1, 0.15) is 21.5 Å². The predicted molar refractivity (Wildman–Crippen MR) is 131 cm³/mol. The number of carbonyl (C=O) groups excluding carboxylic acids is 1. The normalized spacial score (nSPS) is 11.0. The molecule has 3 aromatic carbocycles. The number of methoxy groups -OCH3 is 1. The van der Waals surface area contributed by atoms with Crippen LogP contribution < -0.4 is 8.92 Å². The van der Waals surface area contributed by atoms with E-state index < -0.39 is 16.1 Å². The van der Waals surface area contributed by atoms with Gasteiger partial charge in [0.25, 0.3) is 0 Å². The van der Waals surface area contributed by atoms with Gasteiger partial charge in [0.2, 0.25) is 5.88 Å². The van der Waals surface area contributed by atoms with E-state index in [2.05, 4.69) is 4.98 Å². The van der Waals surface area contributed by atoms with Crippen LogP contribution in [-0.2, 0) is 21.5 Å². The van der Waals surface area contributed by atoms with Gasteiger partial charge in [0.05, 0.1) is 18.4 Å². The molecule has 0 amide bonds. The quantitative estimate of drug-likeness (QED) is 0.248. The molecule has 0 aliphatic rings. The van der Waals surface area contributed by atoms with E-state index in [9.17, 15) is 13.2 Å². The molecule has 0 radical (unpaired) electrons. The number of ether oxygens (including phenoxy) is 2. The minimum absolute atomic E-state index is 0.0204. The largest absolute Gasteiger partial charge is 0.497 e. The number of nitrogens with zero attached hydrogens (tertiary/aromatic N) is 1. The van der Waals surface area contributed by atoms with Crippen LogP contribution in [0.3, 0.4) is 0 Å². The van der Waals surface area contributed by atoms with Crippen LogP contribution in [0, 0.1) is 6.92 Å². The molecule has 0 saturated carbocycles. The lowest BCUT2D eigenvalue weighted by Gasteiger charge is -2.11. The number of aryl methyl sites for hydroxylation is 1. The molecule has 7 nitrogen and oxygen atoms in total. The summed E-state index contributed by atoms with van der Waals surface area (Å²) in [4.78, 5) is 17.2. The topological polar surface area (TPSA) is 91.8 Å². The van der Waals surface area contributed by atoms with Gasteiger partial charge in [0.1, 0.15) is 17.3 Å². The molecule has 8 heteroatoms. The summed E-state index contributed by atoms with van der Waals surface area (Å²) in [5, 5.41) is 0. The Morgan fingerprint density at radius 1 is 0.886 bits per heavy atom. The van der Waals surface area contributed by atoms with Gasteiger partial charge in [-0.25, -0.2) is 9.78 Å². The van der Waals surface area contributed by atoms with Crippen molar-refractivity contribution in [2.75, 3.05) is 7.11 Å². The number of esters is 1. The summed E-state index contributed by atoms with van der Waals surface area (Å²) >= 11 is 0. The molecule has 0 saturated heterocycles. The van der Waals surface area contributed by atoms with Crippen molar-refractivity contribution in [2.24, 2.45) is 0 Å². The Hall–Kier alpha value is -4.17. The number of benzene rings is 3. The van der Waals surface area contributed by atoms with Crippen molar-refractivity contribution in [1.82, 2.24) is 4.98 Å². The Morgan fingerprint density at radius 3 is 2.23 bits per heavy atom. The van der Waals surface area contributed by atoms with Gasteiger partial charge >= 0.3 is 16.1 Å². The number of pyridine rings is 1. The highest BCUT2D eigenvalue weighted by Gasteiger charge is 2.20. The first kappa shape index (κ1) is 24.0. The van der Waals surface area contributed by atoms with Crippen LogP contribution >= 0.6 is 0 Å². The highest BCUT2D eigenvalue weighted by molar-refractivity contribution is 7.87. The molecular formula is C27H23NO6S. The Morgan fingerprint density at radius 2 is 1.57 bits per heavy atom. The summed E-state index contributed by atoms with van der Waals surface area (Å²) in [6.45, 7) is 1.92. The second-order valence-electron chi connectivity index (χ2n) is 7.72. The second kappa shape index (κ2) is 10.4. The van der Waals surface area contributed by atoms with E-state index in [1.807, 2.05) is 37.3 Å². The summed E-state index contributed by atoms with van der Waals surface area (Å²) < 4.78 is 41.6. The number of hydrogen-bond donors (Lipinski definition) is 0. The zero-order valence-corrected chi connectivity index (χ0v) is 20.0. The average molecular weight is 490 g/mol. The second-order valence-corrected chi connectivity index (χ2v) is 9.27. The van der Waals surface area contributed by atoms with Crippen molar-refractivity contribution in [2.45, 2.75) is 18.4 Å². The molecule has 4 rings (SSSR count). The molecule has 0 aliphatic carbocycles. The van der Waals surface area contributed by atoms with Crippen molar-refractivity contribution in [3.63, 3.8) is 0 Å². The molecule has 0 aliphatic heterocycles. The van der Waals surface area contributed by atoms with E-state index in [1.54, 1.807) is 43.5 Å². The number of rotatable bonds is 8. The van der Waals surface area contributed by atoms with E-state index in [4.69, 9.17) is 13.7 Å². The van der Waals surface area contributed by atoms with Gasteiger partial charge in [-0.05, 0) is 55.0 Å². The minimum Gasteiger partial charge on any atom is -0.497 e. The zero-order chi connectivity index (χ0) is 24.8. The molecule has 0 atom stereocenters. The van der Waals surface area contributed by atoms with Crippen LogP contribution in [0.2, 0.25) is 0 Å². The van der Waals surface area contributed by atoms with Crippen molar-refractivity contribution in [3.8, 4) is 22.9 Å². The molecule has 1 aromatic heterocycles. The van der Waals surface area contributed by atoms with E-state index in [0.717, 1.165) is 11.1 Å². The third-order valence-corrected chi connectivity index (χ3v) is 6.38. The first-order chi connectivity index (χ1) is 16.8. The molecule has 0 spiro atoms. The fraction of sp³-hybridized carbons (Fsp3) is 0.111. The fourth-order valence-electron chi connectivity index (χ4n) is 3.25. The standard InChI is InChI=1S/C27H23NO6S/c1-19-8-14-24(15-9-19)35(30,31)34-26-17-22(27(29)33-18-20-6-4-3-5-7-20)16-25(28-26)21-10-12-23(32-2)13-11-21/h3-17H,18H2,1-2H3. The molecule has 0 unspecified atom stereocenters. The summed E-state index contributed by atoms with van der Waals surface area (Å²) in [6.07, 6.45) is 0. The van der Waals surface area contributed by atoms with E-state index in [-0.39, 0.29) is 22.9 Å². The number of aromatic nitrogens is 1. The van der Waals surface area contributed by atoms with Gasteiger partial charge in [-0.2, -0.15) is 8.42 Å². The van der Waals surface area contributed by atoms with Crippen LogP contribution in [0.15, 0.2) is 95.9 Å². The zero-order valence-electron chi connectivity index (χ0n) is 19.2. The van der Waals surface area contributed by atoms with Crippen LogP contribution in [0.4, 0.5) is 0 Å². The van der Waals surface area contributed by atoms with Gasteiger partial charge in [-0.15, -0.1) is 0 Å². The number of carbonyl (C=O) groups is 1. The van der Waals surface area contributed by atoms with Crippen molar-refractivity contribution >= 4 is 16.1 Å². The van der Waals surface area contributed by atoms with Gasteiger partial charge in [-0.3, -0.25) is 0 Å². The molecule has 178 valence electrons. The molecule has 35 heavy (non-hydrogen) atoms. The van der Waals surface area contributed by atoms with Crippen LogP contribution in [-0.4, -0.2) is 26.5 Å². The molecular weight excluding hydrogens is 466 g/mol. The Bertz CT molecular complexity index is 1420. The first-order valence-electron chi connectivity index (χ1n) is 10.7. The molecule has 1 heterocycles. The summed E-state index contributed by atoms with van der Waals surface area (Å²) in [5.74, 6) is -0.236. The molecule has 0 N–H and O–H groups in total. The summed E-state index contributed by atoms with van der Waals surface area (Å²) in [6, 6.07) is 25.2. The summed E-state index contributed by atoms with van der Waals surface area (Å²) in [5.41, 5.74) is 2.82. The van der Waals surface area contributed by atoms with Crippen molar-refractivity contribution in [3.05, 3.63) is 108 Å². The summed E-state index contributed by atoms with van der Waals surface area (Å²) in [7, 11) is -2.62. The van der Waals surface area contributed by atoms with Crippen LogP contribution in [0.5, 0.6) is 11.6 Å². The number of hydrogen-bond acceptors (Lipinski definition) is 7. The Labute approximate surface area is 204 Å². The lowest BCUT2D eigenvalue weighted by atomic mass is 10.1. The average Bonchev–Trinajstić information content (AvgIpc) is 2.87. The maximum Gasteiger partial charge on any atom is 0.340 e. The fourth-order valence-corrected chi connectivity index (χ4v) is 4.12. The highest BCUT2D eigenvalue weighted by atomic mass is 32.2. The lowest BCUT2D eigenvalue weighted by Crippen LogP contribution is -2.12. The monoisotopic (exact) mass is 489 g/mol. The Kier molecular flexibility index (Phi) is 7.12. The van der Waals surface area contributed by atoms with E-state index in [0.29, 0.717) is 17.0 Å². The van der Waals surface area contributed by atoms with E-state index in [1.165, 1.54) is 24.3 Å². The highest BCUT2D eigenvalue weighted by Crippen LogP contribution is 2.27. The molecule has 0 bridgehead atoms. The molecule has 4 aromatic rings. The first-order valence-corrected chi connectivity index (χ1v) is 12.1. The maximum atomic E-state index is 12.9. The minimum atomic E-state index is -4.17. The maximum absolute atomic E-state index is 12.9. The Balaban J connectivity index is 1.67. The van der Waals surface area contributed by atoms with Crippen molar-refractivity contribution < 1.29 is 26.9 Å². The smallest absolute Gasteiger partial charge is 0.340 e.